The predicted octanol–water partition coefficient (Wildman–Crippen LogP) is 4.08. The van der Waals surface area contributed by atoms with Crippen molar-refractivity contribution in [1.29, 1.82) is 0 Å². The van der Waals surface area contributed by atoms with Crippen molar-refractivity contribution in [3.63, 3.8) is 0 Å². The number of carbonyl (C=O) groups excluding carboxylic acids is 1. The third-order valence-corrected chi connectivity index (χ3v) is 3.34. The molecule has 0 unspecified atom stereocenters. The van der Waals surface area contributed by atoms with Crippen LogP contribution in [0.5, 0.6) is 0 Å². The lowest BCUT2D eigenvalue weighted by molar-refractivity contribution is 0.103. The SMILES string of the molecule is Cc1cc(C)cc(C(=O)c2cnc3ccccc3c2)c1. The first-order valence-electron chi connectivity index (χ1n) is 6.61. The summed E-state index contributed by atoms with van der Waals surface area (Å²) in [6.07, 6.45) is 1.66. The molecule has 0 saturated heterocycles. The molecule has 3 rings (SSSR count). The van der Waals surface area contributed by atoms with Crippen LogP contribution in [0.3, 0.4) is 0 Å². The molecule has 3 aromatic rings. The summed E-state index contributed by atoms with van der Waals surface area (Å²) in [5.41, 5.74) is 4.46. The monoisotopic (exact) mass is 261 g/mol. The normalized spacial score (nSPS) is 10.7. The molecule has 0 aliphatic heterocycles. The maximum absolute atomic E-state index is 12.6. The molecule has 0 aliphatic carbocycles. The number of para-hydroxylation sites is 1. The minimum atomic E-state index is 0.0232. The van der Waals surface area contributed by atoms with Gasteiger partial charge in [0, 0.05) is 22.7 Å². The molecule has 0 N–H and O–H groups in total. The van der Waals surface area contributed by atoms with Crippen LogP contribution in [0.15, 0.2) is 54.7 Å². The molecule has 0 radical (unpaired) electrons. The third kappa shape index (κ3) is 2.32. The molecule has 0 atom stereocenters. The van der Waals surface area contributed by atoms with Crippen molar-refractivity contribution in [2.45, 2.75) is 13.8 Å². The fourth-order valence-electron chi connectivity index (χ4n) is 2.47. The third-order valence-electron chi connectivity index (χ3n) is 3.34. The molecule has 0 spiro atoms. The Kier molecular flexibility index (Phi) is 3.07. The van der Waals surface area contributed by atoms with Gasteiger partial charge in [-0.1, -0.05) is 35.4 Å². The maximum atomic E-state index is 12.6. The summed E-state index contributed by atoms with van der Waals surface area (Å²) in [6.45, 7) is 4.00. The highest BCUT2D eigenvalue weighted by Crippen LogP contribution is 2.17. The van der Waals surface area contributed by atoms with Crippen molar-refractivity contribution in [2.24, 2.45) is 0 Å². The molecule has 0 saturated carbocycles. The van der Waals surface area contributed by atoms with Gasteiger partial charge in [-0.3, -0.25) is 9.78 Å². The van der Waals surface area contributed by atoms with E-state index in [1.807, 2.05) is 56.3 Å². The van der Waals surface area contributed by atoms with E-state index < -0.39 is 0 Å². The molecule has 0 amide bonds. The van der Waals surface area contributed by atoms with E-state index in [4.69, 9.17) is 0 Å². The van der Waals surface area contributed by atoms with E-state index in [9.17, 15) is 4.79 Å². The van der Waals surface area contributed by atoms with Crippen molar-refractivity contribution >= 4 is 16.7 Å². The summed E-state index contributed by atoms with van der Waals surface area (Å²) in [5, 5.41) is 0.989. The van der Waals surface area contributed by atoms with E-state index in [1.165, 1.54) is 0 Å². The molecule has 1 aromatic heterocycles. The average molecular weight is 261 g/mol. The number of nitrogens with zero attached hydrogens (tertiary/aromatic N) is 1. The first kappa shape index (κ1) is 12.5. The van der Waals surface area contributed by atoms with Crippen LogP contribution in [0.4, 0.5) is 0 Å². The van der Waals surface area contributed by atoms with Gasteiger partial charge in [-0.15, -0.1) is 0 Å². The van der Waals surface area contributed by atoms with Gasteiger partial charge < -0.3 is 0 Å². The van der Waals surface area contributed by atoms with Crippen molar-refractivity contribution in [3.8, 4) is 0 Å². The van der Waals surface area contributed by atoms with Crippen LogP contribution in [0.1, 0.15) is 27.0 Å². The Morgan fingerprint density at radius 1 is 0.900 bits per heavy atom. The van der Waals surface area contributed by atoms with Crippen LogP contribution in [-0.4, -0.2) is 10.8 Å². The summed E-state index contributed by atoms with van der Waals surface area (Å²) < 4.78 is 0. The second-order valence-electron chi connectivity index (χ2n) is 5.12. The van der Waals surface area contributed by atoms with Gasteiger partial charge in [0.25, 0.3) is 0 Å². The van der Waals surface area contributed by atoms with Crippen LogP contribution < -0.4 is 0 Å². The Bertz CT molecular complexity index is 785. The van der Waals surface area contributed by atoms with Crippen LogP contribution >= 0.6 is 0 Å². The zero-order valence-electron chi connectivity index (χ0n) is 11.6. The van der Waals surface area contributed by atoms with E-state index in [1.54, 1.807) is 6.20 Å². The highest BCUT2D eigenvalue weighted by Gasteiger charge is 2.11. The molecule has 1 heterocycles. The number of fused-ring (bicyclic) bond motifs is 1. The Morgan fingerprint density at radius 3 is 2.35 bits per heavy atom. The molecule has 0 aliphatic rings. The van der Waals surface area contributed by atoms with Crippen molar-refractivity contribution < 1.29 is 4.79 Å². The summed E-state index contributed by atoms with van der Waals surface area (Å²) in [7, 11) is 0. The molecule has 2 heteroatoms. The number of pyridine rings is 1. The number of hydrogen-bond donors (Lipinski definition) is 0. The summed E-state index contributed by atoms with van der Waals surface area (Å²) in [5.74, 6) is 0.0232. The van der Waals surface area contributed by atoms with Crippen molar-refractivity contribution in [2.75, 3.05) is 0 Å². The standard InChI is InChI=1S/C18H15NO/c1-12-7-13(2)9-15(8-12)18(20)16-10-14-5-3-4-6-17(14)19-11-16/h3-11H,1-2H3. The highest BCUT2D eigenvalue weighted by molar-refractivity contribution is 6.10. The average Bonchev–Trinajstić information content (AvgIpc) is 2.45. The fourth-order valence-corrected chi connectivity index (χ4v) is 2.47. The van der Waals surface area contributed by atoms with E-state index in [0.29, 0.717) is 5.56 Å². The smallest absolute Gasteiger partial charge is 0.194 e. The number of hydrogen-bond acceptors (Lipinski definition) is 2. The lowest BCUT2D eigenvalue weighted by Gasteiger charge is -2.05. The Labute approximate surface area is 118 Å². The van der Waals surface area contributed by atoms with Crippen molar-refractivity contribution in [1.82, 2.24) is 4.98 Å². The Hall–Kier alpha value is -2.48. The summed E-state index contributed by atoms with van der Waals surface area (Å²) in [4.78, 5) is 16.9. The van der Waals surface area contributed by atoms with Gasteiger partial charge in [0.15, 0.2) is 5.78 Å². The maximum Gasteiger partial charge on any atom is 0.194 e. The van der Waals surface area contributed by atoms with Gasteiger partial charge in [0.2, 0.25) is 0 Å². The molecule has 2 aromatic carbocycles. The molecule has 20 heavy (non-hydrogen) atoms. The molecule has 98 valence electrons. The number of carbonyl (C=O) groups is 1. The van der Waals surface area contributed by atoms with Gasteiger partial charge in [-0.05, 0) is 38.1 Å². The van der Waals surface area contributed by atoms with Gasteiger partial charge in [0.1, 0.15) is 0 Å². The molecule has 2 nitrogen and oxygen atoms in total. The second kappa shape index (κ2) is 4.89. The quantitative estimate of drug-likeness (QED) is 0.650. The first-order valence-corrected chi connectivity index (χ1v) is 6.61. The van der Waals surface area contributed by atoms with Gasteiger partial charge in [-0.2, -0.15) is 0 Å². The minimum Gasteiger partial charge on any atom is -0.289 e. The summed E-state index contributed by atoms with van der Waals surface area (Å²) >= 11 is 0. The molecular formula is C18H15NO. The Balaban J connectivity index is 2.07. The predicted molar refractivity (Wildman–Crippen MR) is 81.1 cm³/mol. The minimum absolute atomic E-state index is 0.0232. The van der Waals surface area contributed by atoms with Gasteiger partial charge >= 0.3 is 0 Å². The van der Waals surface area contributed by atoms with E-state index >= 15 is 0 Å². The zero-order valence-corrected chi connectivity index (χ0v) is 11.6. The van der Waals surface area contributed by atoms with Crippen LogP contribution in [0, 0.1) is 13.8 Å². The van der Waals surface area contributed by atoms with Gasteiger partial charge in [-0.25, -0.2) is 0 Å². The van der Waals surface area contributed by atoms with Crippen LogP contribution in [0.2, 0.25) is 0 Å². The van der Waals surface area contributed by atoms with E-state index in [2.05, 4.69) is 11.1 Å². The Morgan fingerprint density at radius 2 is 1.60 bits per heavy atom. The molecular weight excluding hydrogens is 246 g/mol. The number of aromatic nitrogens is 1. The topological polar surface area (TPSA) is 30.0 Å². The lowest BCUT2D eigenvalue weighted by Crippen LogP contribution is -2.03. The lowest BCUT2D eigenvalue weighted by atomic mass is 9.99. The zero-order chi connectivity index (χ0) is 14.1. The first-order chi connectivity index (χ1) is 9.63. The second-order valence-corrected chi connectivity index (χ2v) is 5.12. The van der Waals surface area contributed by atoms with Gasteiger partial charge in [0.05, 0.1) is 5.52 Å². The summed E-state index contributed by atoms with van der Waals surface area (Å²) in [6, 6.07) is 15.6. The number of ketones is 1. The van der Waals surface area contributed by atoms with E-state index in [-0.39, 0.29) is 5.78 Å². The van der Waals surface area contributed by atoms with E-state index in [0.717, 1.165) is 27.6 Å². The molecule has 0 fully saturated rings. The number of aryl methyl sites for hydroxylation is 2. The highest BCUT2D eigenvalue weighted by atomic mass is 16.1. The number of rotatable bonds is 2. The van der Waals surface area contributed by atoms with Crippen LogP contribution in [0.25, 0.3) is 10.9 Å². The van der Waals surface area contributed by atoms with Crippen molar-refractivity contribution in [3.05, 3.63) is 77.0 Å². The number of benzene rings is 2. The largest absolute Gasteiger partial charge is 0.289 e. The fraction of sp³-hybridized carbons (Fsp3) is 0.111. The van der Waals surface area contributed by atoms with Crippen LogP contribution in [-0.2, 0) is 0 Å². The molecule has 0 bridgehead atoms.